The summed E-state index contributed by atoms with van der Waals surface area (Å²) in [6.07, 6.45) is 3.54. The Morgan fingerprint density at radius 2 is 2.05 bits per heavy atom. The molecule has 7 heteroatoms. The number of nitrogens with zero attached hydrogens (tertiary/aromatic N) is 2. The highest BCUT2D eigenvalue weighted by Gasteiger charge is 2.53. The maximum absolute atomic E-state index is 6.04. The van der Waals surface area contributed by atoms with Crippen molar-refractivity contribution >= 4 is 57.2 Å². The zero-order valence-corrected chi connectivity index (χ0v) is 17.2. The van der Waals surface area contributed by atoms with Crippen LogP contribution in [0.1, 0.15) is 17.7 Å². The average molecular weight is 498 g/mol. The van der Waals surface area contributed by atoms with Gasteiger partial charge in [0, 0.05) is 36.9 Å². The normalized spacial score (nSPS) is 33.0. The molecule has 1 N–H and O–H groups in total. The van der Waals surface area contributed by atoms with Crippen LogP contribution in [0.2, 0.25) is 0 Å². The molecular weight excluding hydrogens is 477 g/mol. The lowest BCUT2D eigenvalue weighted by molar-refractivity contribution is 0.0767. The second-order valence-corrected chi connectivity index (χ2v) is 8.68. The van der Waals surface area contributed by atoms with Crippen molar-refractivity contribution in [2.45, 2.75) is 31.6 Å². The molecule has 1 aromatic heterocycles. The van der Waals surface area contributed by atoms with Crippen molar-refractivity contribution in [2.24, 2.45) is 16.8 Å². The Labute approximate surface area is 160 Å². The van der Waals surface area contributed by atoms with Gasteiger partial charge in [-0.3, -0.25) is 4.99 Å². The maximum Gasteiger partial charge on any atom is 0.193 e. The lowest BCUT2D eigenvalue weighted by Crippen LogP contribution is -2.40. The topological polar surface area (TPSA) is 36.9 Å². The Morgan fingerprint density at radius 1 is 1.36 bits per heavy atom. The first-order chi connectivity index (χ1) is 10.2. The number of rotatable bonds is 2. The van der Waals surface area contributed by atoms with Gasteiger partial charge in [-0.15, -0.1) is 35.3 Å². The highest BCUT2D eigenvalue weighted by molar-refractivity contribution is 14.0. The van der Waals surface area contributed by atoms with E-state index in [-0.39, 0.29) is 24.0 Å². The van der Waals surface area contributed by atoms with Crippen LogP contribution in [0.15, 0.2) is 20.9 Å². The van der Waals surface area contributed by atoms with Gasteiger partial charge < -0.3 is 15.0 Å². The highest BCUT2D eigenvalue weighted by atomic mass is 127. The highest BCUT2D eigenvalue weighted by Crippen LogP contribution is 2.47. The number of ether oxygens (including phenoxy) is 1. The summed E-state index contributed by atoms with van der Waals surface area (Å²) in [5.41, 5.74) is 0. The van der Waals surface area contributed by atoms with Crippen molar-refractivity contribution in [3.63, 3.8) is 0 Å². The number of thiophene rings is 1. The largest absolute Gasteiger partial charge is 0.374 e. The summed E-state index contributed by atoms with van der Waals surface area (Å²) < 4.78 is 7.22. The van der Waals surface area contributed by atoms with Crippen LogP contribution < -0.4 is 5.32 Å². The number of aliphatic imine (C=N–C) groups is 1. The van der Waals surface area contributed by atoms with Crippen LogP contribution in [0.3, 0.4) is 0 Å². The second kappa shape index (κ2) is 6.94. The van der Waals surface area contributed by atoms with Crippen LogP contribution in [0.4, 0.5) is 0 Å². The summed E-state index contributed by atoms with van der Waals surface area (Å²) in [5, 5.41) is 3.51. The van der Waals surface area contributed by atoms with Gasteiger partial charge in [0.15, 0.2) is 5.96 Å². The summed E-state index contributed by atoms with van der Waals surface area (Å²) in [5.74, 6) is 2.48. The lowest BCUT2D eigenvalue weighted by Gasteiger charge is -2.23. The van der Waals surface area contributed by atoms with Crippen LogP contribution >= 0.6 is 51.2 Å². The fourth-order valence-electron chi connectivity index (χ4n) is 4.08. The molecule has 1 aromatic rings. The van der Waals surface area contributed by atoms with Gasteiger partial charge in [0.1, 0.15) is 0 Å². The van der Waals surface area contributed by atoms with Crippen molar-refractivity contribution in [2.75, 3.05) is 20.1 Å². The minimum absolute atomic E-state index is 0. The van der Waals surface area contributed by atoms with E-state index in [1.165, 1.54) is 21.5 Å². The Balaban J connectivity index is 0.00000144. The van der Waals surface area contributed by atoms with Crippen LogP contribution in [0, 0.1) is 11.8 Å². The predicted octanol–water partition coefficient (Wildman–Crippen LogP) is 3.31. The van der Waals surface area contributed by atoms with Gasteiger partial charge in [-0.2, -0.15) is 0 Å². The Kier molecular flexibility index (Phi) is 5.36. The number of halogens is 2. The summed E-state index contributed by atoms with van der Waals surface area (Å²) in [7, 11) is 1.88. The zero-order valence-electron chi connectivity index (χ0n) is 12.5. The molecule has 4 heterocycles. The fraction of sp³-hybridized carbons (Fsp3) is 0.667. The third-order valence-corrected chi connectivity index (χ3v) is 6.64. The smallest absolute Gasteiger partial charge is 0.193 e. The van der Waals surface area contributed by atoms with E-state index in [1.807, 2.05) is 7.05 Å². The molecule has 0 aromatic carbocycles. The van der Waals surface area contributed by atoms with Gasteiger partial charge in [-0.25, -0.2) is 0 Å². The standard InChI is InChI=1S/C15H20BrN3OS.HI/c1-17-15(18-6-9-2-5-14(16)21-9)19-7-10-11(8-19)13-4-3-12(10)20-13;/h2,5,10-13H,3-4,6-8H2,1H3,(H,17,18);1H. The molecule has 0 aliphatic carbocycles. The Hall–Kier alpha value is 0.140. The monoisotopic (exact) mass is 497 g/mol. The Morgan fingerprint density at radius 3 is 2.59 bits per heavy atom. The maximum atomic E-state index is 6.04. The Bertz CT molecular complexity index is 549. The van der Waals surface area contributed by atoms with Crippen molar-refractivity contribution in [3.8, 4) is 0 Å². The summed E-state index contributed by atoms with van der Waals surface area (Å²) in [6, 6.07) is 4.25. The van der Waals surface area contributed by atoms with E-state index in [2.05, 4.69) is 43.3 Å². The molecule has 2 bridgehead atoms. The van der Waals surface area contributed by atoms with Crippen molar-refractivity contribution in [1.82, 2.24) is 10.2 Å². The van der Waals surface area contributed by atoms with Crippen LogP contribution in [0.5, 0.6) is 0 Å². The molecule has 3 aliphatic heterocycles. The molecule has 3 fully saturated rings. The van der Waals surface area contributed by atoms with E-state index in [0.29, 0.717) is 12.2 Å². The third-order valence-electron chi connectivity index (χ3n) is 5.01. The van der Waals surface area contributed by atoms with E-state index in [9.17, 15) is 0 Å². The van der Waals surface area contributed by atoms with E-state index in [4.69, 9.17) is 4.74 Å². The van der Waals surface area contributed by atoms with Crippen molar-refractivity contribution in [1.29, 1.82) is 0 Å². The molecule has 4 unspecified atom stereocenters. The molecule has 4 atom stereocenters. The van der Waals surface area contributed by atoms with E-state index < -0.39 is 0 Å². The summed E-state index contributed by atoms with van der Waals surface area (Å²) in [6.45, 7) is 3.04. The quantitative estimate of drug-likeness (QED) is 0.387. The number of guanidine groups is 1. The van der Waals surface area contributed by atoms with Crippen LogP contribution in [0.25, 0.3) is 0 Å². The average Bonchev–Trinajstić information content (AvgIpc) is 3.20. The number of hydrogen-bond donors (Lipinski definition) is 1. The molecule has 122 valence electrons. The van der Waals surface area contributed by atoms with E-state index in [1.54, 1.807) is 11.3 Å². The van der Waals surface area contributed by atoms with Gasteiger partial charge in [0.2, 0.25) is 0 Å². The SMILES string of the molecule is CN=C(NCc1ccc(Br)s1)N1CC2C3CCC(O3)C2C1.I. The van der Waals surface area contributed by atoms with Crippen LogP contribution in [-0.4, -0.2) is 43.2 Å². The molecular formula is C15H21BrIN3OS. The van der Waals surface area contributed by atoms with Gasteiger partial charge in [0.05, 0.1) is 22.5 Å². The minimum Gasteiger partial charge on any atom is -0.374 e. The molecule has 4 rings (SSSR count). The van der Waals surface area contributed by atoms with Crippen molar-refractivity contribution < 1.29 is 4.74 Å². The number of fused-ring (bicyclic) bond motifs is 5. The third kappa shape index (κ3) is 3.06. The molecule has 0 amide bonds. The van der Waals surface area contributed by atoms with Crippen molar-refractivity contribution in [3.05, 3.63) is 20.8 Å². The second-order valence-electron chi connectivity index (χ2n) is 6.13. The molecule has 4 nitrogen and oxygen atoms in total. The molecule has 0 radical (unpaired) electrons. The fourth-order valence-corrected chi connectivity index (χ4v) is 5.50. The first kappa shape index (κ1) is 17.0. The lowest BCUT2D eigenvalue weighted by atomic mass is 9.82. The molecule has 0 spiro atoms. The summed E-state index contributed by atoms with van der Waals surface area (Å²) >= 11 is 5.28. The van der Waals surface area contributed by atoms with E-state index in [0.717, 1.165) is 37.4 Å². The van der Waals surface area contributed by atoms with Crippen LogP contribution in [-0.2, 0) is 11.3 Å². The molecule has 3 aliphatic rings. The van der Waals surface area contributed by atoms with Gasteiger partial charge >= 0.3 is 0 Å². The first-order valence-corrected chi connectivity index (χ1v) is 9.21. The van der Waals surface area contributed by atoms with Gasteiger partial charge in [-0.1, -0.05) is 0 Å². The van der Waals surface area contributed by atoms with Gasteiger partial charge in [-0.05, 0) is 40.9 Å². The molecule has 22 heavy (non-hydrogen) atoms. The molecule has 3 saturated heterocycles. The number of nitrogens with one attached hydrogen (secondary N) is 1. The van der Waals surface area contributed by atoms with E-state index >= 15 is 0 Å². The van der Waals surface area contributed by atoms with Gasteiger partial charge in [0.25, 0.3) is 0 Å². The summed E-state index contributed by atoms with van der Waals surface area (Å²) in [4.78, 5) is 8.22. The number of likely N-dealkylation sites (tertiary alicyclic amines) is 1. The first-order valence-electron chi connectivity index (χ1n) is 7.60. The predicted molar refractivity (Wildman–Crippen MR) is 104 cm³/mol. The molecule has 0 saturated carbocycles. The zero-order chi connectivity index (χ0) is 14.4. The number of hydrogen-bond acceptors (Lipinski definition) is 3. The minimum atomic E-state index is 0.